The Hall–Kier alpha value is -0.720. The van der Waals surface area contributed by atoms with E-state index in [0.29, 0.717) is 6.04 Å². The predicted molar refractivity (Wildman–Crippen MR) is 80.9 cm³/mol. The zero-order valence-corrected chi connectivity index (χ0v) is 13.2. The molecular weight excluding hydrogens is 258 g/mol. The lowest BCUT2D eigenvalue weighted by Crippen LogP contribution is -2.51. The number of hydrogen-bond donors (Lipinski definition) is 1. The van der Waals surface area contributed by atoms with E-state index in [0.717, 1.165) is 43.7 Å². The molecule has 6 heteroatoms. The molecule has 1 aromatic heterocycles. The normalized spacial score (nSPS) is 19.7. The lowest BCUT2D eigenvalue weighted by Gasteiger charge is -2.37. The van der Waals surface area contributed by atoms with Crippen LogP contribution in [0.5, 0.6) is 0 Å². The van der Waals surface area contributed by atoms with E-state index < -0.39 is 0 Å². The molecule has 1 fully saturated rings. The van der Waals surface area contributed by atoms with Gasteiger partial charge in [-0.15, -0.1) is 0 Å². The second-order valence-corrected chi connectivity index (χ2v) is 6.99. The van der Waals surface area contributed by atoms with E-state index in [2.05, 4.69) is 46.9 Å². The maximum Gasteiger partial charge on any atom is 0.205 e. The molecule has 2 N–H and O–H groups in total. The molecule has 1 aliphatic heterocycles. The van der Waals surface area contributed by atoms with Crippen LogP contribution in [0, 0.1) is 0 Å². The van der Waals surface area contributed by atoms with E-state index in [4.69, 9.17) is 5.73 Å². The average Bonchev–Trinajstić information content (AvgIpc) is 2.87. The van der Waals surface area contributed by atoms with Gasteiger partial charge in [0.05, 0.1) is 0 Å². The number of nitrogens with zero attached hydrogens (tertiary/aromatic N) is 4. The lowest BCUT2D eigenvalue weighted by molar-refractivity contribution is 0.201. The van der Waals surface area contributed by atoms with Crippen LogP contribution in [0.4, 0.5) is 5.13 Å². The minimum Gasteiger partial charge on any atom is -0.344 e. The maximum atomic E-state index is 5.72. The second kappa shape index (κ2) is 5.73. The van der Waals surface area contributed by atoms with E-state index in [9.17, 15) is 0 Å². The zero-order chi connectivity index (χ0) is 14.0. The van der Waals surface area contributed by atoms with Crippen molar-refractivity contribution in [3.63, 3.8) is 0 Å². The van der Waals surface area contributed by atoms with E-state index >= 15 is 0 Å². The topological polar surface area (TPSA) is 58.3 Å². The molecule has 19 heavy (non-hydrogen) atoms. The van der Waals surface area contributed by atoms with Crippen LogP contribution >= 0.6 is 11.5 Å². The molecule has 1 unspecified atom stereocenters. The van der Waals surface area contributed by atoms with Gasteiger partial charge >= 0.3 is 0 Å². The van der Waals surface area contributed by atoms with Crippen LogP contribution in [0.25, 0.3) is 0 Å². The Labute approximate surface area is 120 Å². The number of piperazine rings is 1. The molecular formula is C13H25N5S. The molecule has 0 aliphatic carbocycles. The van der Waals surface area contributed by atoms with Crippen molar-refractivity contribution in [2.75, 3.05) is 37.6 Å². The van der Waals surface area contributed by atoms with Gasteiger partial charge in [0.15, 0.2) is 0 Å². The van der Waals surface area contributed by atoms with Crippen molar-refractivity contribution in [1.82, 2.24) is 14.3 Å². The number of hydrogen-bond acceptors (Lipinski definition) is 6. The highest BCUT2D eigenvalue weighted by atomic mass is 32.1. The second-order valence-electron chi connectivity index (χ2n) is 6.26. The molecule has 2 heterocycles. The summed E-state index contributed by atoms with van der Waals surface area (Å²) in [6.45, 7) is 13.5. The van der Waals surface area contributed by atoms with Gasteiger partial charge in [0, 0.05) is 55.7 Å². The number of aromatic nitrogens is 2. The molecule has 0 aromatic carbocycles. The van der Waals surface area contributed by atoms with Gasteiger partial charge in [-0.25, -0.2) is 4.98 Å². The molecule has 5 nitrogen and oxygen atoms in total. The molecule has 0 amide bonds. The Balaban J connectivity index is 1.96. The third kappa shape index (κ3) is 3.43. The van der Waals surface area contributed by atoms with Crippen molar-refractivity contribution in [2.45, 2.75) is 39.2 Å². The first-order chi connectivity index (χ1) is 8.91. The largest absolute Gasteiger partial charge is 0.344 e. The molecule has 0 spiro atoms. The summed E-state index contributed by atoms with van der Waals surface area (Å²) in [5, 5.41) is 1.06. The van der Waals surface area contributed by atoms with Crippen LogP contribution < -0.4 is 10.6 Å². The highest BCUT2D eigenvalue weighted by Gasteiger charge is 2.25. The van der Waals surface area contributed by atoms with Crippen LogP contribution in [0.1, 0.15) is 33.5 Å². The van der Waals surface area contributed by atoms with Gasteiger partial charge in [-0.3, -0.25) is 4.90 Å². The Kier molecular flexibility index (Phi) is 4.43. The first-order valence-electron chi connectivity index (χ1n) is 6.95. The number of rotatable bonds is 3. The standard InChI is InChI=1S/C13H25N5S/c1-10(9-14)17-5-7-18(8-6-17)12-15-11(16-19-12)13(2,3)4/h10H,5-9,14H2,1-4H3. The van der Waals surface area contributed by atoms with Crippen molar-refractivity contribution in [3.05, 3.63) is 5.82 Å². The first-order valence-corrected chi connectivity index (χ1v) is 7.72. The van der Waals surface area contributed by atoms with Gasteiger partial charge in [0.2, 0.25) is 5.13 Å². The molecule has 108 valence electrons. The highest BCUT2D eigenvalue weighted by Crippen LogP contribution is 2.26. The smallest absolute Gasteiger partial charge is 0.205 e. The van der Waals surface area contributed by atoms with E-state index in [-0.39, 0.29) is 5.41 Å². The van der Waals surface area contributed by atoms with Crippen molar-refractivity contribution >= 4 is 16.7 Å². The third-order valence-electron chi connectivity index (χ3n) is 3.64. The highest BCUT2D eigenvalue weighted by molar-refractivity contribution is 7.09. The van der Waals surface area contributed by atoms with Crippen molar-refractivity contribution < 1.29 is 0 Å². The summed E-state index contributed by atoms with van der Waals surface area (Å²) in [7, 11) is 0. The minimum atomic E-state index is 0.0324. The molecule has 1 aliphatic rings. The fourth-order valence-electron chi connectivity index (χ4n) is 2.15. The molecule has 1 saturated heterocycles. The van der Waals surface area contributed by atoms with E-state index in [1.807, 2.05) is 0 Å². The Bertz CT molecular complexity index is 403. The molecule has 1 atom stereocenters. The van der Waals surface area contributed by atoms with Gasteiger partial charge < -0.3 is 10.6 Å². The Morgan fingerprint density at radius 2 is 1.89 bits per heavy atom. The first kappa shape index (κ1) is 14.7. The Morgan fingerprint density at radius 3 is 2.37 bits per heavy atom. The SMILES string of the molecule is CC(CN)N1CCN(c2nc(C(C)(C)C)ns2)CC1. The fourth-order valence-corrected chi connectivity index (χ4v) is 3.06. The van der Waals surface area contributed by atoms with Crippen molar-refractivity contribution in [1.29, 1.82) is 0 Å². The van der Waals surface area contributed by atoms with Crippen LogP contribution in [0.2, 0.25) is 0 Å². The van der Waals surface area contributed by atoms with Gasteiger partial charge in [-0.1, -0.05) is 20.8 Å². The van der Waals surface area contributed by atoms with Crippen LogP contribution in [0.3, 0.4) is 0 Å². The van der Waals surface area contributed by atoms with E-state index in [1.54, 1.807) is 0 Å². The minimum absolute atomic E-state index is 0.0324. The monoisotopic (exact) mass is 283 g/mol. The summed E-state index contributed by atoms with van der Waals surface area (Å²) in [5.74, 6) is 0.949. The van der Waals surface area contributed by atoms with Crippen LogP contribution in [-0.2, 0) is 5.41 Å². The molecule has 0 bridgehead atoms. The summed E-state index contributed by atoms with van der Waals surface area (Å²) in [6.07, 6.45) is 0. The summed E-state index contributed by atoms with van der Waals surface area (Å²) in [6, 6.07) is 0.474. The number of nitrogens with two attached hydrogens (primary N) is 1. The quantitative estimate of drug-likeness (QED) is 0.906. The summed E-state index contributed by atoms with van der Waals surface area (Å²) < 4.78 is 4.49. The summed E-state index contributed by atoms with van der Waals surface area (Å²) in [5.41, 5.74) is 5.76. The predicted octanol–water partition coefficient (Wildman–Crippen LogP) is 1.30. The lowest BCUT2D eigenvalue weighted by atomic mass is 9.96. The van der Waals surface area contributed by atoms with E-state index in [1.165, 1.54) is 11.5 Å². The van der Waals surface area contributed by atoms with Crippen LogP contribution in [-0.4, -0.2) is 53.0 Å². The average molecular weight is 283 g/mol. The maximum absolute atomic E-state index is 5.72. The molecule has 0 radical (unpaired) electrons. The van der Waals surface area contributed by atoms with Gasteiger partial charge in [0.25, 0.3) is 0 Å². The van der Waals surface area contributed by atoms with Crippen molar-refractivity contribution in [3.8, 4) is 0 Å². The van der Waals surface area contributed by atoms with Crippen molar-refractivity contribution in [2.24, 2.45) is 5.73 Å². The Morgan fingerprint density at radius 1 is 1.26 bits per heavy atom. The fraction of sp³-hybridized carbons (Fsp3) is 0.846. The van der Waals surface area contributed by atoms with Gasteiger partial charge in [-0.2, -0.15) is 4.37 Å². The zero-order valence-electron chi connectivity index (χ0n) is 12.4. The molecule has 2 rings (SSSR count). The summed E-state index contributed by atoms with van der Waals surface area (Å²) in [4.78, 5) is 9.47. The van der Waals surface area contributed by atoms with Gasteiger partial charge in [-0.05, 0) is 6.92 Å². The number of anilines is 1. The molecule has 0 saturated carbocycles. The molecule has 1 aromatic rings. The van der Waals surface area contributed by atoms with Gasteiger partial charge in [0.1, 0.15) is 5.82 Å². The van der Waals surface area contributed by atoms with Crippen LogP contribution in [0.15, 0.2) is 0 Å². The summed E-state index contributed by atoms with van der Waals surface area (Å²) >= 11 is 1.52. The third-order valence-corrected chi connectivity index (χ3v) is 4.41.